The quantitative estimate of drug-likeness (QED) is 0.696. The van der Waals surface area contributed by atoms with Crippen LogP contribution in [0.15, 0.2) is 54.6 Å². The number of nitrogens with zero attached hydrogens (tertiary/aromatic N) is 2. The fourth-order valence-electron chi connectivity index (χ4n) is 4.34. The predicted molar refractivity (Wildman–Crippen MR) is 107 cm³/mol. The van der Waals surface area contributed by atoms with Crippen LogP contribution in [0.1, 0.15) is 37.7 Å². The summed E-state index contributed by atoms with van der Waals surface area (Å²) in [5, 5.41) is 0.698. The van der Waals surface area contributed by atoms with Crippen molar-refractivity contribution in [1.29, 1.82) is 0 Å². The average molecular weight is 369 g/mol. The van der Waals surface area contributed by atoms with Crippen LogP contribution in [0, 0.1) is 0 Å². The molecular weight excluding hydrogens is 344 g/mol. The molecular formula is C22H25ClN2O. The molecule has 4 heteroatoms. The van der Waals surface area contributed by atoms with Gasteiger partial charge < -0.3 is 4.90 Å². The highest BCUT2D eigenvalue weighted by molar-refractivity contribution is 6.30. The zero-order valence-electron chi connectivity index (χ0n) is 15.0. The zero-order valence-corrected chi connectivity index (χ0v) is 15.7. The van der Waals surface area contributed by atoms with Gasteiger partial charge in [-0.3, -0.25) is 4.90 Å². The first kappa shape index (κ1) is 17.4. The number of hydrogen-bond acceptors (Lipinski definition) is 1. The van der Waals surface area contributed by atoms with Crippen LogP contribution in [0.3, 0.4) is 0 Å². The summed E-state index contributed by atoms with van der Waals surface area (Å²) < 4.78 is 0. The molecule has 136 valence electrons. The van der Waals surface area contributed by atoms with Gasteiger partial charge in [0.2, 0.25) is 0 Å². The van der Waals surface area contributed by atoms with E-state index in [1.807, 2.05) is 35.2 Å². The lowest BCUT2D eigenvalue weighted by Gasteiger charge is -2.30. The third-order valence-corrected chi connectivity index (χ3v) is 5.91. The number of carbonyl (C=O) groups excluding carboxylic acids is 1. The van der Waals surface area contributed by atoms with Gasteiger partial charge in [-0.05, 0) is 49.1 Å². The second-order valence-corrected chi connectivity index (χ2v) is 7.85. The molecule has 26 heavy (non-hydrogen) atoms. The van der Waals surface area contributed by atoms with E-state index in [0.717, 1.165) is 31.5 Å². The highest BCUT2D eigenvalue weighted by Crippen LogP contribution is 2.32. The highest BCUT2D eigenvalue weighted by atomic mass is 35.5. The lowest BCUT2D eigenvalue weighted by molar-refractivity contribution is 0.180. The van der Waals surface area contributed by atoms with Crippen LogP contribution in [0.2, 0.25) is 5.02 Å². The largest absolute Gasteiger partial charge is 0.325 e. The zero-order chi connectivity index (χ0) is 17.9. The smallest absolute Gasteiger partial charge is 0.319 e. The van der Waals surface area contributed by atoms with Crippen LogP contribution in [0.25, 0.3) is 0 Å². The first-order chi connectivity index (χ1) is 12.7. The van der Waals surface area contributed by atoms with Crippen LogP contribution in [0.4, 0.5) is 10.5 Å². The number of anilines is 1. The number of benzene rings is 2. The fourth-order valence-corrected chi connectivity index (χ4v) is 4.47. The van der Waals surface area contributed by atoms with Crippen LogP contribution in [0.5, 0.6) is 0 Å². The molecule has 2 amide bonds. The van der Waals surface area contributed by atoms with Crippen molar-refractivity contribution in [3.05, 3.63) is 65.2 Å². The Hall–Kier alpha value is -2.00. The molecule has 0 N–H and O–H groups in total. The molecule has 2 fully saturated rings. The topological polar surface area (TPSA) is 23.6 Å². The molecule has 2 aromatic carbocycles. The Balaban J connectivity index is 1.62. The summed E-state index contributed by atoms with van der Waals surface area (Å²) in [5.74, 6) is 0. The van der Waals surface area contributed by atoms with E-state index >= 15 is 0 Å². The Labute approximate surface area is 160 Å². The molecule has 4 rings (SSSR count). The molecule has 2 aliphatic rings. The van der Waals surface area contributed by atoms with Crippen molar-refractivity contribution in [2.75, 3.05) is 11.4 Å². The van der Waals surface area contributed by atoms with Gasteiger partial charge in [-0.25, -0.2) is 4.79 Å². The molecule has 1 atom stereocenters. The van der Waals surface area contributed by atoms with Crippen molar-refractivity contribution < 1.29 is 4.79 Å². The molecule has 3 nitrogen and oxygen atoms in total. The molecule has 1 aliphatic carbocycles. The van der Waals surface area contributed by atoms with E-state index in [0.29, 0.717) is 11.1 Å². The fraction of sp³-hybridized carbons (Fsp3) is 0.409. The van der Waals surface area contributed by atoms with Gasteiger partial charge in [0, 0.05) is 23.3 Å². The van der Waals surface area contributed by atoms with E-state index in [4.69, 9.17) is 11.6 Å². The molecule has 1 heterocycles. The summed E-state index contributed by atoms with van der Waals surface area (Å²) in [6.07, 6.45) is 6.92. The van der Waals surface area contributed by atoms with Crippen molar-refractivity contribution in [3.8, 4) is 0 Å². The van der Waals surface area contributed by atoms with Gasteiger partial charge in [0.05, 0.1) is 6.04 Å². The number of amides is 2. The maximum Gasteiger partial charge on any atom is 0.325 e. The van der Waals surface area contributed by atoms with Gasteiger partial charge in [-0.2, -0.15) is 0 Å². The predicted octanol–water partition coefficient (Wildman–Crippen LogP) is 5.53. The Morgan fingerprint density at radius 2 is 1.62 bits per heavy atom. The third-order valence-electron chi connectivity index (χ3n) is 5.66. The summed E-state index contributed by atoms with van der Waals surface area (Å²) in [4.78, 5) is 17.4. The molecule has 2 aromatic rings. The van der Waals surface area contributed by atoms with Crippen molar-refractivity contribution in [3.63, 3.8) is 0 Å². The van der Waals surface area contributed by atoms with Gasteiger partial charge in [0.15, 0.2) is 0 Å². The first-order valence-electron chi connectivity index (χ1n) is 9.62. The van der Waals surface area contributed by atoms with Crippen molar-refractivity contribution in [2.45, 2.75) is 50.6 Å². The summed E-state index contributed by atoms with van der Waals surface area (Å²) in [6, 6.07) is 18.8. The standard InChI is InChI=1S/C22H25ClN2O/c23-18-11-13-20(14-12-18)25-21(15-17-7-3-1-4-8-17)16-24(22(25)26)19-9-5-2-6-10-19/h1,3-4,7-8,11-14,19,21H,2,5-6,9-10,15-16H2/t21-/m0/s1. The Bertz CT molecular complexity index is 740. The Morgan fingerprint density at radius 1 is 0.923 bits per heavy atom. The van der Waals surface area contributed by atoms with Crippen LogP contribution in [-0.4, -0.2) is 29.6 Å². The highest BCUT2D eigenvalue weighted by Gasteiger charge is 2.41. The maximum absolute atomic E-state index is 13.3. The SMILES string of the molecule is O=C1N(C2CCCCC2)C[C@H](Cc2ccccc2)N1c1ccc(Cl)cc1. The normalized spacial score (nSPS) is 21.4. The molecule has 1 saturated carbocycles. The molecule has 0 aromatic heterocycles. The van der Waals surface area contributed by atoms with Gasteiger partial charge in [-0.1, -0.05) is 61.2 Å². The molecule has 0 radical (unpaired) electrons. The molecule has 1 saturated heterocycles. The number of carbonyl (C=O) groups is 1. The maximum atomic E-state index is 13.3. The Kier molecular flexibility index (Phi) is 5.16. The van der Waals surface area contributed by atoms with E-state index in [2.05, 4.69) is 29.2 Å². The van der Waals surface area contributed by atoms with E-state index in [-0.39, 0.29) is 12.1 Å². The molecule has 0 bridgehead atoms. The number of halogens is 1. The van der Waals surface area contributed by atoms with E-state index < -0.39 is 0 Å². The van der Waals surface area contributed by atoms with Gasteiger partial charge in [0.25, 0.3) is 0 Å². The minimum Gasteiger partial charge on any atom is -0.319 e. The lowest BCUT2D eigenvalue weighted by atomic mass is 9.94. The summed E-state index contributed by atoms with van der Waals surface area (Å²) in [5.41, 5.74) is 2.22. The Morgan fingerprint density at radius 3 is 2.31 bits per heavy atom. The average Bonchev–Trinajstić information content (AvgIpc) is 3.00. The van der Waals surface area contributed by atoms with Gasteiger partial charge >= 0.3 is 6.03 Å². The lowest BCUT2D eigenvalue weighted by Crippen LogP contribution is -2.40. The summed E-state index contributed by atoms with van der Waals surface area (Å²) in [6.45, 7) is 0.807. The molecule has 1 aliphatic heterocycles. The van der Waals surface area contributed by atoms with Crippen molar-refractivity contribution in [1.82, 2.24) is 4.90 Å². The second-order valence-electron chi connectivity index (χ2n) is 7.42. The number of hydrogen-bond donors (Lipinski definition) is 0. The van der Waals surface area contributed by atoms with Crippen LogP contribution >= 0.6 is 11.6 Å². The van der Waals surface area contributed by atoms with E-state index in [1.165, 1.54) is 24.8 Å². The minimum absolute atomic E-state index is 0.153. The number of urea groups is 1. The second kappa shape index (κ2) is 7.71. The van der Waals surface area contributed by atoms with Crippen molar-refractivity contribution in [2.24, 2.45) is 0 Å². The van der Waals surface area contributed by atoms with Crippen LogP contribution < -0.4 is 4.90 Å². The van der Waals surface area contributed by atoms with Crippen LogP contribution in [-0.2, 0) is 6.42 Å². The number of rotatable bonds is 4. The molecule has 0 spiro atoms. The van der Waals surface area contributed by atoms with Gasteiger partial charge in [-0.15, -0.1) is 0 Å². The van der Waals surface area contributed by atoms with E-state index in [9.17, 15) is 4.79 Å². The first-order valence-corrected chi connectivity index (χ1v) is 9.99. The molecule has 0 unspecified atom stereocenters. The summed E-state index contributed by atoms with van der Waals surface area (Å²) in [7, 11) is 0. The van der Waals surface area contributed by atoms with Gasteiger partial charge in [0.1, 0.15) is 0 Å². The monoisotopic (exact) mass is 368 g/mol. The summed E-state index contributed by atoms with van der Waals surface area (Å²) >= 11 is 6.06. The van der Waals surface area contributed by atoms with Crippen molar-refractivity contribution >= 4 is 23.3 Å². The minimum atomic E-state index is 0.153. The van der Waals surface area contributed by atoms with E-state index in [1.54, 1.807) is 0 Å². The third kappa shape index (κ3) is 3.59.